The topological polar surface area (TPSA) is 101 Å². The van der Waals surface area contributed by atoms with Crippen LogP contribution in [-0.2, 0) is 31.8 Å². The van der Waals surface area contributed by atoms with Gasteiger partial charge < -0.3 is 13.9 Å². The van der Waals surface area contributed by atoms with E-state index >= 15 is 0 Å². The first-order valence-corrected chi connectivity index (χ1v) is 11.6. The molecule has 11 heteroatoms. The Bertz CT molecular complexity index is 1470. The lowest BCUT2D eigenvalue weighted by molar-refractivity contribution is 0.439. The molecule has 2 heterocycles. The largest absolute Gasteiger partial charge is 0.760 e. The normalized spacial score (nSPS) is 12.0. The van der Waals surface area contributed by atoms with Crippen molar-refractivity contribution in [3.63, 3.8) is 0 Å². The number of hydrogen-bond acceptors (Lipinski definition) is 5. The van der Waals surface area contributed by atoms with Gasteiger partial charge >= 0.3 is 0 Å². The molecule has 1 N–H and O–H groups in total. The first-order chi connectivity index (χ1) is 16.7. The molecule has 0 saturated carbocycles. The Morgan fingerprint density at radius 3 is 2.49 bits per heavy atom. The maximum atomic E-state index is 14.4. The van der Waals surface area contributed by atoms with Crippen molar-refractivity contribution < 1.29 is 22.3 Å². The number of aryl methyl sites for hydroxylation is 2. The van der Waals surface area contributed by atoms with Gasteiger partial charge in [0.2, 0.25) is 0 Å². The molecule has 0 radical (unpaired) electrons. The van der Waals surface area contributed by atoms with Crippen LogP contribution in [0.15, 0.2) is 65.8 Å². The number of benzene rings is 2. The predicted molar refractivity (Wildman–Crippen MR) is 126 cm³/mol. The number of ether oxygens (including phenoxy) is 1. The SMILES string of the molecule is Cn1cc(-c2cc(=O)n(C)cc2-c2cc(CCNS(=O)[O-])ccc2Oc2ccc(F)cc2F)cn1. The zero-order valence-electron chi connectivity index (χ0n) is 18.8. The van der Waals surface area contributed by atoms with Crippen molar-refractivity contribution in [3.8, 4) is 33.8 Å². The highest BCUT2D eigenvalue weighted by Gasteiger charge is 2.18. The molecule has 4 rings (SSSR count). The minimum Gasteiger partial charge on any atom is -0.760 e. The van der Waals surface area contributed by atoms with Crippen molar-refractivity contribution in [2.45, 2.75) is 6.42 Å². The second-order valence-electron chi connectivity index (χ2n) is 7.84. The standard InChI is InChI=1S/C24H22F2N4O4S/c1-29-14-20(18(11-24(29)31)16-12-27-30(2)13-16)19-9-15(7-8-28-35(32)33)3-5-22(19)34-23-6-4-17(25)10-21(23)26/h3-6,9-14,28H,7-8H2,1-2H3,(H,32,33)/p-1. The molecular weight excluding hydrogens is 478 g/mol. The van der Waals surface area contributed by atoms with E-state index in [9.17, 15) is 22.3 Å². The summed E-state index contributed by atoms with van der Waals surface area (Å²) in [5, 5.41) is 4.19. The van der Waals surface area contributed by atoms with Gasteiger partial charge in [0.15, 0.2) is 11.6 Å². The van der Waals surface area contributed by atoms with Gasteiger partial charge in [-0.1, -0.05) is 6.07 Å². The number of rotatable bonds is 8. The Balaban J connectivity index is 1.87. The summed E-state index contributed by atoms with van der Waals surface area (Å²) in [5.74, 6) is -1.50. The summed E-state index contributed by atoms with van der Waals surface area (Å²) in [4.78, 5) is 12.5. The molecule has 0 amide bonds. The fraction of sp³-hybridized carbons (Fsp3) is 0.167. The third kappa shape index (κ3) is 5.70. The van der Waals surface area contributed by atoms with E-state index in [-0.39, 0.29) is 23.6 Å². The molecule has 1 atom stereocenters. The van der Waals surface area contributed by atoms with Gasteiger partial charge in [0.25, 0.3) is 5.56 Å². The summed E-state index contributed by atoms with van der Waals surface area (Å²) >= 11 is -2.39. The van der Waals surface area contributed by atoms with Crippen LogP contribution in [-0.4, -0.2) is 29.7 Å². The van der Waals surface area contributed by atoms with Crippen molar-refractivity contribution in [1.82, 2.24) is 19.1 Å². The molecule has 182 valence electrons. The van der Waals surface area contributed by atoms with Crippen LogP contribution in [0.2, 0.25) is 0 Å². The lowest BCUT2D eigenvalue weighted by Gasteiger charge is -2.17. The van der Waals surface area contributed by atoms with Gasteiger partial charge in [-0.2, -0.15) is 5.10 Å². The lowest BCUT2D eigenvalue weighted by atomic mass is 9.95. The monoisotopic (exact) mass is 499 g/mol. The first-order valence-electron chi connectivity index (χ1n) is 10.5. The summed E-state index contributed by atoms with van der Waals surface area (Å²) in [6.07, 6.45) is 5.40. The van der Waals surface area contributed by atoms with E-state index in [0.717, 1.165) is 17.7 Å². The minimum atomic E-state index is -2.39. The van der Waals surface area contributed by atoms with Gasteiger partial charge in [-0.25, -0.2) is 13.5 Å². The molecule has 0 aliphatic carbocycles. The van der Waals surface area contributed by atoms with Crippen LogP contribution < -0.4 is 15.0 Å². The molecule has 4 aromatic rings. The fourth-order valence-corrected chi connectivity index (χ4v) is 3.90. The van der Waals surface area contributed by atoms with E-state index in [1.165, 1.54) is 16.7 Å². The summed E-state index contributed by atoms with van der Waals surface area (Å²) in [6.45, 7) is 0.172. The highest BCUT2D eigenvalue weighted by atomic mass is 32.2. The third-order valence-electron chi connectivity index (χ3n) is 5.33. The highest BCUT2D eigenvalue weighted by molar-refractivity contribution is 7.77. The molecule has 0 saturated heterocycles. The minimum absolute atomic E-state index is 0.170. The quantitative estimate of drug-likeness (QED) is 0.374. The Labute approximate surface area is 202 Å². The fourth-order valence-electron chi connectivity index (χ4n) is 3.63. The molecular formula is C24H21F2N4O4S-. The van der Waals surface area contributed by atoms with Crippen LogP contribution in [0.5, 0.6) is 11.5 Å². The smallest absolute Gasteiger partial charge is 0.250 e. The number of pyridine rings is 1. The van der Waals surface area contributed by atoms with E-state index in [2.05, 4.69) is 9.82 Å². The number of nitrogens with zero attached hydrogens (tertiary/aromatic N) is 3. The molecule has 8 nitrogen and oxygen atoms in total. The number of halogens is 2. The summed E-state index contributed by atoms with van der Waals surface area (Å²) in [5.41, 5.74) is 2.95. The summed E-state index contributed by atoms with van der Waals surface area (Å²) < 4.78 is 60.6. The number of aromatic nitrogens is 3. The van der Waals surface area contributed by atoms with Crippen LogP contribution in [0.3, 0.4) is 0 Å². The molecule has 0 aliphatic heterocycles. The van der Waals surface area contributed by atoms with E-state index < -0.39 is 22.9 Å². The summed E-state index contributed by atoms with van der Waals surface area (Å²) in [7, 11) is 3.36. The molecule has 0 spiro atoms. The number of nitrogens with one attached hydrogen (secondary N) is 1. The van der Waals surface area contributed by atoms with Crippen molar-refractivity contribution in [3.05, 3.63) is 88.6 Å². The maximum absolute atomic E-state index is 14.4. The van der Waals surface area contributed by atoms with E-state index in [1.54, 1.807) is 55.6 Å². The van der Waals surface area contributed by atoms with Crippen LogP contribution in [0, 0.1) is 11.6 Å². The van der Waals surface area contributed by atoms with Crippen molar-refractivity contribution in [2.24, 2.45) is 14.1 Å². The Hall–Kier alpha value is -3.67. The highest BCUT2D eigenvalue weighted by Crippen LogP contribution is 2.39. The molecule has 35 heavy (non-hydrogen) atoms. The Kier molecular flexibility index (Phi) is 7.20. The molecule has 0 bridgehead atoms. The van der Waals surface area contributed by atoms with Crippen LogP contribution in [0.4, 0.5) is 8.78 Å². The molecule has 1 unspecified atom stereocenters. The van der Waals surface area contributed by atoms with Gasteiger partial charge in [0.1, 0.15) is 11.6 Å². The Morgan fingerprint density at radius 1 is 1.03 bits per heavy atom. The van der Waals surface area contributed by atoms with Gasteiger partial charge in [-0.3, -0.25) is 13.7 Å². The third-order valence-corrected chi connectivity index (χ3v) is 5.77. The molecule has 2 aromatic carbocycles. The molecule has 0 aliphatic rings. The predicted octanol–water partition coefficient (Wildman–Crippen LogP) is 3.45. The first kappa shape index (κ1) is 24.5. The average Bonchev–Trinajstić information content (AvgIpc) is 3.24. The zero-order chi connectivity index (χ0) is 25.1. The van der Waals surface area contributed by atoms with E-state index in [0.29, 0.717) is 28.7 Å². The second-order valence-corrected chi connectivity index (χ2v) is 8.60. The van der Waals surface area contributed by atoms with Crippen LogP contribution in [0.25, 0.3) is 22.3 Å². The second kappa shape index (κ2) is 10.3. The van der Waals surface area contributed by atoms with Crippen molar-refractivity contribution in [2.75, 3.05) is 6.54 Å². The summed E-state index contributed by atoms with van der Waals surface area (Å²) in [6, 6.07) is 9.62. The lowest BCUT2D eigenvalue weighted by Crippen LogP contribution is -2.19. The maximum Gasteiger partial charge on any atom is 0.250 e. The van der Waals surface area contributed by atoms with Gasteiger partial charge in [0, 0.05) is 73.1 Å². The molecule has 2 aromatic heterocycles. The van der Waals surface area contributed by atoms with Gasteiger partial charge in [-0.05, 0) is 41.8 Å². The van der Waals surface area contributed by atoms with Gasteiger partial charge in [0.05, 0.1) is 6.20 Å². The van der Waals surface area contributed by atoms with E-state index in [4.69, 9.17) is 4.74 Å². The van der Waals surface area contributed by atoms with Crippen molar-refractivity contribution in [1.29, 1.82) is 0 Å². The van der Waals surface area contributed by atoms with Crippen molar-refractivity contribution >= 4 is 11.3 Å². The average molecular weight is 500 g/mol. The zero-order valence-corrected chi connectivity index (χ0v) is 19.6. The van der Waals surface area contributed by atoms with Crippen LogP contribution >= 0.6 is 0 Å². The number of hydrogen-bond donors (Lipinski definition) is 1. The van der Waals surface area contributed by atoms with Crippen LogP contribution in [0.1, 0.15) is 5.56 Å². The van der Waals surface area contributed by atoms with Gasteiger partial charge in [-0.15, -0.1) is 0 Å². The Morgan fingerprint density at radius 2 is 1.80 bits per heavy atom. The molecule has 0 fully saturated rings. The van der Waals surface area contributed by atoms with E-state index in [1.807, 2.05) is 0 Å².